The van der Waals surface area contributed by atoms with Crippen molar-refractivity contribution in [3.8, 4) is 5.75 Å². The number of fused-ring (bicyclic) bond motifs is 1. The Morgan fingerprint density at radius 3 is 2.93 bits per heavy atom. The SMILES string of the molecule is O=C(O)CC1=CCCc2cc(O)ccc21. The van der Waals surface area contributed by atoms with Gasteiger partial charge in [-0.05, 0) is 41.7 Å². The first-order chi connectivity index (χ1) is 7.16. The Morgan fingerprint density at radius 2 is 2.20 bits per heavy atom. The molecule has 0 saturated carbocycles. The fraction of sp³-hybridized carbons (Fsp3) is 0.250. The number of phenols is 1. The largest absolute Gasteiger partial charge is 0.508 e. The third kappa shape index (κ3) is 2.01. The van der Waals surface area contributed by atoms with Crippen molar-refractivity contribution in [2.24, 2.45) is 0 Å². The van der Waals surface area contributed by atoms with E-state index in [4.69, 9.17) is 5.11 Å². The Kier molecular flexibility index (Phi) is 2.46. The Bertz CT molecular complexity index is 432. The summed E-state index contributed by atoms with van der Waals surface area (Å²) in [4.78, 5) is 10.7. The molecule has 0 bridgehead atoms. The van der Waals surface area contributed by atoms with Crippen LogP contribution in [0.2, 0.25) is 0 Å². The lowest BCUT2D eigenvalue weighted by molar-refractivity contribution is -0.135. The number of benzene rings is 1. The van der Waals surface area contributed by atoms with Gasteiger partial charge in [0.05, 0.1) is 6.42 Å². The topological polar surface area (TPSA) is 57.5 Å². The van der Waals surface area contributed by atoms with Crippen molar-refractivity contribution in [3.63, 3.8) is 0 Å². The van der Waals surface area contributed by atoms with Crippen molar-refractivity contribution in [1.82, 2.24) is 0 Å². The molecule has 0 saturated heterocycles. The molecule has 0 spiro atoms. The van der Waals surface area contributed by atoms with Gasteiger partial charge in [-0.25, -0.2) is 0 Å². The van der Waals surface area contributed by atoms with Crippen LogP contribution >= 0.6 is 0 Å². The standard InChI is InChI=1S/C12H12O3/c13-10-4-5-11-8(6-10)2-1-3-9(11)7-12(14)15/h3-6,13H,1-2,7H2,(H,14,15). The van der Waals surface area contributed by atoms with E-state index in [1.807, 2.05) is 6.08 Å². The van der Waals surface area contributed by atoms with Crippen LogP contribution in [0, 0.1) is 0 Å². The Morgan fingerprint density at radius 1 is 1.40 bits per heavy atom. The van der Waals surface area contributed by atoms with Gasteiger partial charge in [0.1, 0.15) is 5.75 Å². The van der Waals surface area contributed by atoms with Gasteiger partial charge in [-0.2, -0.15) is 0 Å². The number of hydrogen-bond donors (Lipinski definition) is 2. The number of carbonyl (C=O) groups is 1. The summed E-state index contributed by atoms with van der Waals surface area (Å²) in [6.45, 7) is 0. The molecule has 0 amide bonds. The molecule has 0 aliphatic heterocycles. The fourth-order valence-corrected chi connectivity index (χ4v) is 1.94. The first-order valence-corrected chi connectivity index (χ1v) is 4.90. The van der Waals surface area contributed by atoms with Gasteiger partial charge in [0, 0.05) is 0 Å². The van der Waals surface area contributed by atoms with Crippen molar-refractivity contribution in [3.05, 3.63) is 35.4 Å². The minimum atomic E-state index is -0.817. The molecule has 0 aromatic heterocycles. The van der Waals surface area contributed by atoms with E-state index in [9.17, 15) is 9.90 Å². The molecular weight excluding hydrogens is 192 g/mol. The maximum atomic E-state index is 10.7. The monoisotopic (exact) mass is 204 g/mol. The van der Waals surface area contributed by atoms with Crippen LogP contribution in [-0.2, 0) is 11.2 Å². The van der Waals surface area contributed by atoms with Gasteiger partial charge in [-0.15, -0.1) is 0 Å². The van der Waals surface area contributed by atoms with Crippen LogP contribution in [0.5, 0.6) is 5.75 Å². The minimum absolute atomic E-state index is 0.0533. The smallest absolute Gasteiger partial charge is 0.307 e. The maximum Gasteiger partial charge on any atom is 0.307 e. The van der Waals surface area contributed by atoms with Crippen LogP contribution in [0.4, 0.5) is 0 Å². The van der Waals surface area contributed by atoms with Gasteiger partial charge in [0.2, 0.25) is 0 Å². The lowest BCUT2D eigenvalue weighted by Crippen LogP contribution is -2.04. The molecule has 0 atom stereocenters. The fourth-order valence-electron chi connectivity index (χ4n) is 1.94. The van der Waals surface area contributed by atoms with Crippen molar-refractivity contribution >= 4 is 11.5 Å². The molecule has 2 N–H and O–H groups in total. The van der Waals surface area contributed by atoms with Gasteiger partial charge in [-0.3, -0.25) is 4.79 Å². The van der Waals surface area contributed by atoms with Crippen LogP contribution in [0.3, 0.4) is 0 Å². The summed E-state index contributed by atoms with van der Waals surface area (Å²) in [6.07, 6.45) is 3.73. The first kappa shape index (κ1) is 9.77. The van der Waals surface area contributed by atoms with Crippen LogP contribution in [0.1, 0.15) is 24.0 Å². The zero-order valence-electron chi connectivity index (χ0n) is 8.23. The van der Waals surface area contributed by atoms with Gasteiger partial charge < -0.3 is 10.2 Å². The summed E-state index contributed by atoms with van der Waals surface area (Å²) >= 11 is 0. The molecule has 0 heterocycles. The Balaban J connectivity index is 2.38. The number of aromatic hydroxyl groups is 1. The number of hydrogen-bond acceptors (Lipinski definition) is 2. The van der Waals surface area contributed by atoms with Crippen LogP contribution in [-0.4, -0.2) is 16.2 Å². The number of rotatable bonds is 2. The molecule has 0 unspecified atom stereocenters. The molecule has 3 heteroatoms. The molecule has 2 rings (SSSR count). The third-order valence-corrected chi connectivity index (χ3v) is 2.58. The summed E-state index contributed by atoms with van der Waals surface area (Å²) in [5.41, 5.74) is 2.85. The summed E-state index contributed by atoms with van der Waals surface area (Å²) in [6, 6.07) is 5.10. The molecular formula is C12H12O3. The van der Waals surface area contributed by atoms with Crippen molar-refractivity contribution in [2.45, 2.75) is 19.3 Å². The van der Waals surface area contributed by atoms with Crippen LogP contribution in [0.15, 0.2) is 24.3 Å². The second-order valence-electron chi connectivity index (χ2n) is 3.68. The van der Waals surface area contributed by atoms with E-state index in [-0.39, 0.29) is 12.2 Å². The number of carboxylic acid groups (broad SMARTS) is 1. The van der Waals surface area contributed by atoms with Crippen molar-refractivity contribution < 1.29 is 15.0 Å². The third-order valence-electron chi connectivity index (χ3n) is 2.58. The Labute approximate surface area is 87.7 Å². The van der Waals surface area contributed by atoms with E-state index in [2.05, 4.69) is 0 Å². The molecule has 15 heavy (non-hydrogen) atoms. The number of carboxylic acids is 1. The zero-order chi connectivity index (χ0) is 10.8. The number of aryl methyl sites for hydroxylation is 1. The molecule has 78 valence electrons. The van der Waals surface area contributed by atoms with E-state index < -0.39 is 5.97 Å². The zero-order valence-corrected chi connectivity index (χ0v) is 8.23. The van der Waals surface area contributed by atoms with Gasteiger partial charge in [-0.1, -0.05) is 12.1 Å². The highest BCUT2D eigenvalue weighted by molar-refractivity contribution is 5.85. The molecule has 1 aliphatic rings. The normalized spacial score (nSPS) is 14.3. The average Bonchev–Trinajstić information content (AvgIpc) is 2.16. The number of aliphatic carboxylic acids is 1. The van der Waals surface area contributed by atoms with Gasteiger partial charge >= 0.3 is 5.97 Å². The van der Waals surface area contributed by atoms with E-state index in [0.29, 0.717) is 0 Å². The summed E-state index contributed by atoms with van der Waals surface area (Å²) < 4.78 is 0. The molecule has 3 nitrogen and oxygen atoms in total. The average molecular weight is 204 g/mol. The molecule has 0 fully saturated rings. The van der Waals surface area contributed by atoms with Crippen molar-refractivity contribution in [2.75, 3.05) is 0 Å². The highest BCUT2D eigenvalue weighted by Crippen LogP contribution is 2.30. The molecule has 1 aromatic carbocycles. The molecule has 1 aromatic rings. The van der Waals surface area contributed by atoms with Gasteiger partial charge in [0.15, 0.2) is 0 Å². The predicted octanol–water partition coefficient (Wildman–Crippen LogP) is 2.20. The number of phenolic OH excluding ortho intramolecular Hbond substituents is 1. The lowest BCUT2D eigenvalue weighted by Gasteiger charge is -2.16. The van der Waals surface area contributed by atoms with Crippen LogP contribution in [0.25, 0.3) is 5.57 Å². The van der Waals surface area contributed by atoms with E-state index in [1.54, 1.807) is 18.2 Å². The van der Waals surface area contributed by atoms with Crippen molar-refractivity contribution in [1.29, 1.82) is 0 Å². The summed E-state index contributed by atoms with van der Waals surface area (Å²) in [5, 5.41) is 18.1. The predicted molar refractivity (Wildman–Crippen MR) is 56.7 cm³/mol. The lowest BCUT2D eigenvalue weighted by atomic mass is 9.89. The maximum absolute atomic E-state index is 10.7. The molecule has 1 aliphatic carbocycles. The first-order valence-electron chi connectivity index (χ1n) is 4.90. The van der Waals surface area contributed by atoms with E-state index >= 15 is 0 Å². The van der Waals surface area contributed by atoms with Crippen LogP contribution < -0.4 is 0 Å². The highest BCUT2D eigenvalue weighted by atomic mass is 16.4. The summed E-state index contributed by atoms with van der Waals surface area (Å²) in [7, 11) is 0. The number of allylic oxidation sites excluding steroid dienone is 1. The highest BCUT2D eigenvalue weighted by Gasteiger charge is 2.14. The second kappa shape index (κ2) is 3.77. The van der Waals surface area contributed by atoms with E-state index in [1.165, 1.54) is 0 Å². The quantitative estimate of drug-likeness (QED) is 0.776. The second-order valence-corrected chi connectivity index (χ2v) is 3.68. The van der Waals surface area contributed by atoms with E-state index in [0.717, 1.165) is 29.5 Å². The van der Waals surface area contributed by atoms with Gasteiger partial charge in [0.25, 0.3) is 0 Å². The molecule has 0 radical (unpaired) electrons. The summed E-state index contributed by atoms with van der Waals surface area (Å²) in [5.74, 6) is -0.576. The minimum Gasteiger partial charge on any atom is -0.508 e. The Hall–Kier alpha value is -1.77.